The van der Waals surface area contributed by atoms with E-state index in [1.54, 1.807) is 30.6 Å². The molecule has 1 aromatic carbocycles. The molecule has 19 heavy (non-hydrogen) atoms. The Bertz CT molecular complexity index is 659. The lowest BCUT2D eigenvalue weighted by Crippen LogP contribution is -2.15. The van der Waals surface area contributed by atoms with E-state index in [9.17, 15) is 14.7 Å². The number of aromatic nitrogens is 1. The smallest absolute Gasteiger partial charge is 0.379 e. The van der Waals surface area contributed by atoms with Crippen molar-refractivity contribution in [3.63, 3.8) is 0 Å². The highest BCUT2D eigenvalue weighted by atomic mass is 32.1. The number of hydrogen-bond donors (Lipinski definition) is 1. The molecule has 2 rings (SSSR count). The third-order valence-electron chi connectivity index (χ3n) is 2.37. The zero-order valence-corrected chi connectivity index (χ0v) is 10.9. The molecule has 0 radical (unpaired) electrons. The highest BCUT2D eigenvalue weighted by Gasteiger charge is 2.14. The van der Waals surface area contributed by atoms with Gasteiger partial charge in [0.2, 0.25) is 0 Å². The van der Waals surface area contributed by atoms with Crippen molar-refractivity contribution in [1.82, 2.24) is 4.98 Å². The van der Waals surface area contributed by atoms with Crippen molar-refractivity contribution < 1.29 is 19.4 Å². The number of aliphatic hydroxyl groups is 1. The summed E-state index contributed by atoms with van der Waals surface area (Å²) in [7, 11) is 0. The van der Waals surface area contributed by atoms with E-state index < -0.39 is 11.8 Å². The van der Waals surface area contributed by atoms with Crippen molar-refractivity contribution in [2.24, 2.45) is 0 Å². The summed E-state index contributed by atoms with van der Waals surface area (Å²) in [6.45, 7) is 1.72. The second-order valence-corrected chi connectivity index (χ2v) is 4.54. The predicted octanol–water partition coefficient (Wildman–Crippen LogP) is 2.33. The van der Waals surface area contributed by atoms with Crippen LogP contribution in [0.5, 0.6) is 0 Å². The Labute approximate surface area is 113 Å². The molecule has 0 saturated carbocycles. The van der Waals surface area contributed by atoms with E-state index in [0.29, 0.717) is 5.56 Å². The van der Waals surface area contributed by atoms with Gasteiger partial charge in [-0.15, -0.1) is 11.3 Å². The number of carbonyl (C=O) groups excluding carboxylic acids is 2. The Morgan fingerprint density at radius 3 is 3.00 bits per heavy atom. The fraction of sp³-hybridized carbons (Fsp3) is 0.154. The van der Waals surface area contributed by atoms with Gasteiger partial charge < -0.3 is 9.84 Å². The van der Waals surface area contributed by atoms with E-state index in [1.807, 2.05) is 0 Å². The molecular weight excluding hydrogens is 266 g/mol. The second-order valence-electron chi connectivity index (χ2n) is 3.65. The van der Waals surface area contributed by atoms with Gasteiger partial charge in [-0.2, -0.15) is 0 Å². The van der Waals surface area contributed by atoms with E-state index >= 15 is 0 Å². The van der Waals surface area contributed by atoms with E-state index in [0.717, 1.165) is 16.3 Å². The second kappa shape index (κ2) is 5.62. The third-order valence-corrected chi connectivity index (χ3v) is 3.16. The highest BCUT2D eigenvalue weighted by Crippen LogP contribution is 2.22. The van der Waals surface area contributed by atoms with Crippen LogP contribution in [0.25, 0.3) is 16.0 Å². The van der Waals surface area contributed by atoms with Crippen molar-refractivity contribution in [1.29, 1.82) is 0 Å². The van der Waals surface area contributed by atoms with Gasteiger partial charge in [0.25, 0.3) is 5.78 Å². The molecule has 0 aliphatic heterocycles. The maximum absolute atomic E-state index is 11.4. The summed E-state index contributed by atoms with van der Waals surface area (Å²) < 4.78 is 5.44. The summed E-state index contributed by atoms with van der Waals surface area (Å²) in [5.41, 5.74) is 2.96. The number of benzene rings is 1. The van der Waals surface area contributed by atoms with Crippen molar-refractivity contribution in [3.05, 3.63) is 35.3 Å². The van der Waals surface area contributed by atoms with Gasteiger partial charge in [0.15, 0.2) is 0 Å². The molecule has 0 spiro atoms. The van der Waals surface area contributed by atoms with E-state index in [-0.39, 0.29) is 12.4 Å². The van der Waals surface area contributed by atoms with Crippen molar-refractivity contribution in [3.8, 4) is 0 Å². The molecule has 0 aliphatic carbocycles. The molecule has 2 aromatic rings. The van der Waals surface area contributed by atoms with Crippen LogP contribution in [-0.4, -0.2) is 28.4 Å². The predicted molar refractivity (Wildman–Crippen MR) is 71.9 cm³/mol. The number of ether oxygens (including phenoxy) is 1. The normalized spacial score (nSPS) is 11.5. The average Bonchev–Trinajstić information content (AvgIpc) is 2.85. The number of aliphatic hydroxyl groups excluding tert-OH is 1. The first-order valence-electron chi connectivity index (χ1n) is 5.57. The number of carbonyl (C=O) groups is 2. The lowest BCUT2D eigenvalue weighted by atomic mass is 10.1. The zero-order valence-electron chi connectivity index (χ0n) is 10.1. The van der Waals surface area contributed by atoms with Crippen LogP contribution in [0.15, 0.2) is 29.8 Å². The minimum Gasteiger partial charge on any atom is -0.507 e. The third kappa shape index (κ3) is 2.97. The first-order valence-corrected chi connectivity index (χ1v) is 6.45. The van der Waals surface area contributed by atoms with Gasteiger partial charge in [-0.3, -0.25) is 4.79 Å². The molecule has 98 valence electrons. The van der Waals surface area contributed by atoms with Crippen molar-refractivity contribution in [2.75, 3.05) is 6.61 Å². The SMILES string of the molecule is CCOC(=O)C(=O)C=C(O)c1ccc2ncsc2c1. The van der Waals surface area contributed by atoms with Crippen LogP contribution in [0.4, 0.5) is 0 Å². The van der Waals surface area contributed by atoms with E-state index in [1.165, 1.54) is 11.3 Å². The quantitative estimate of drug-likeness (QED) is 0.402. The number of esters is 1. The minimum absolute atomic E-state index is 0.117. The van der Waals surface area contributed by atoms with Crippen LogP contribution in [-0.2, 0) is 14.3 Å². The number of rotatable bonds is 4. The summed E-state index contributed by atoms with van der Waals surface area (Å²) in [5, 5.41) is 9.82. The summed E-state index contributed by atoms with van der Waals surface area (Å²) in [6, 6.07) is 5.07. The molecule has 0 saturated heterocycles. The fourth-order valence-electron chi connectivity index (χ4n) is 1.48. The maximum atomic E-state index is 11.4. The number of nitrogens with zero attached hydrogens (tertiary/aromatic N) is 1. The molecule has 1 heterocycles. The van der Waals surface area contributed by atoms with Gasteiger partial charge >= 0.3 is 5.97 Å². The molecule has 0 bridgehead atoms. The molecule has 5 nitrogen and oxygen atoms in total. The van der Waals surface area contributed by atoms with Crippen LogP contribution in [0.1, 0.15) is 12.5 Å². The Kier molecular flexibility index (Phi) is 3.91. The first-order chi connectivity index (χ1) is 9.11. The minimum atomic E-state index is -0.979. The Balaban J connectivity index is 2.24. The van der Waals surface area contributed by atoms with Gasteiger partial charge in [-0.05, 0) is 25.1 Å². The number of hydrogen-bond acceptors (Lipinski definition) is 6. The molecule has 0 aliphatic rings. The maximum Gasteiger partial charge on any atom is 0.379 e. The Hall–Kier alpha value is -2.21. The molecule has 1 aromatic heterocycles. The van der Waals surface area contributed by atoms with Crippen LogP contribution >= 0.6 is 11.3 Å². The summed E-state index contributed by atoms with van der Waals surface area (Å²) in [6.07, 6.45) is 0.861. The average molecular weight is 277 g/mol. The van der Waals surface area contributed by atoms with Gasteiger partial charge in [-0.25, -0.2) is 9.78 Å². The highest BCUT2D eigenvalue weighted by molar-refractivity contribution is 7.16. The standard InChI is InChI=1S/C13H11NO4S/c1-2-18-13(17)11(16)6-10(15)8-3-4-9-12(5-8)19-7-14-9/h3-7,15H,2H2,1H3. The molecule has 1 N–H and O–H groups in total. The topological polar surface area (TPSA) is 76.5 Å². The summed E-state index contributed by atoms with van der Waals surface area (Å²) >= 11 is 1.43. The zero-order chi connectivity index (χ0) is 13.8. The van der Waals surface area contributed by atoms with E-state index in [4.69, 9.17) is 0 Å². The molecule has 0 fully saturated rings. The van der Waals surface area contributed by atoms with Gasteiger partial charge in [0.1, 0.15) is 5.76 Å². The molecular formula is C13H11NO4S. The van der Waals surface area contributed by atoms with Crippen molar-refractivity contribution in [2.45, 2.75) is 6.92 Å². The molecule has 0 amide bonds. The van der Waals surface area contributed by atoms with E-state index in [2.05, 4.69) is 9.72 Å². The lowest BCUT2D eigenvalue weighted by Gasteiger charge is -2.00. The number of ketones is 1. The van der Waals surface area contributed by atoms with Crippen LogP contribution < -0.4 is 0 Å². The summed E-state index contributed by atoms with van der Waals surface area (Å²) in [5.74, 6) is -2.13. The largest absolute Gasteiger partial charge is 0.507 e. The Morgan fingerprint density at radius 1 is 1.47 bits per heavy atom. The van der Waals surface area contributed by atoms with Crippen LogP contribution in [0, 0.1) is 0 Å². The summed E-state index contributed by atoms with van der Waals surface area (Å²) in [4.78, 5) is 26.7. The van der Waals surface area contributed by atoms with Crippen LogP contribution in [0.2, 0.25) is 0 Å². The molecule has 0 atom stereocenters. The molecule has 0 unspecified atom stereocenters. The Morgan fingerprint density at radius 2 is 2.26 bits per heavy atom. The number of fused-ring (bicyclic) bond motifs is 1. The monoisotopic (exact) mass is 277 g/mol. The van der Waals surface area contributed by atoms with Gasteiger partial charge in [-0.1, -0.05) is 0 Å². The van der Waals surface area contributed by atoms with Crippen molar-refractivity contribution >= 4 is 39.1 Å². The number of thiazole rings is 1. The van der Waals surface area contributed by atoms with Crippen LogP contribution in [0.3, 0.4) is 0 Å². The fourth-order valence-corrected chi connectivity index (χ4v) is 2.20. The molecule has 6 heteroatoms. The van der Waals surface area contributed by atoms with Gasteiger partial charge in [0, 0.05) is 11.6 Å². The first kappa shape index (κ1) is 13.2. The lowest BCUT2D eigenvalue weighted by molar-refractivity contribution is -0.151. The van der Waals surface area contributed by atoms with Gasteiger partial charge in [0.05, 0.1) is 22.3 Å².